The summed E-state index contributed by atoms with van der Waals surface area (Å²) in [6, 6.07) is 7.43. The summed E-state index contributed by atoms with van der Waals surface area (Å²) in [5.41, 5.74) is 1.31. The van der Waals surface area contributed by atoms with Gasteiger partial charge in [-0.1, -0.05) is 18.2 Å². The highest BCUT2D eigenvalue weighted by molar-refractivity contribution is 7.99. The van der Waals surface area contributed by atoms with Crippen LogP contribution in [0.4, 0.5) is 11.4 Å². The number of nitro groups is 1. The second-order valence-electron chi connectivity index (χ2n) is 5.11. The first kappa shape index (κ1) is 14.6. The molecule has 2 aromatic rings. The summed E-state index contributed by atoms with van der Waals surface area (Å²) in [5.74, 6) is 0. The normalized spacial score (nSPS) is 11.6. The molecule has 0 bridgehead atoms. The van der Waals surface area contributed by atoms with E-state index in [2.05, 4.69) is 24.1 Å². The summed E-state index contributed by atoms with van der Waals surface area (Å²) in [4.78, 5) is 14.9. The van der Waals surface area contributed by atoms with Crippen LogP contribution in [0.15, 0.2) is 30.5 Å². The Balaban J connectivity index is 2.47. The lowest BCUT2D eigenvalue weighted by molar-refractivity contribution is -0.384. The molecule has 0 atom stereocenters. The minimum Gasteiger partial charge on any atom is -0.378 e. The molecule has 0 unspecified atom stereocenters. The van der Waals surface area contributed by atoms with Crippen molar-refractivity contribution in [3.63, 3.8) is 0 Å². The van der Waals surface area contributed by atoms with E-state index in [4.69, 9.17) is 0 Å². The average Bonchev–Trinajstić information content (AvgIpc) is 2.44. The maximum Gasteiger partial charge on any atom is 0.311 e. The molecule has 0 saturated carbocycles. The molecule has 0 aliphatic heterocycles. The van der Waals surface area contributed by atoms with Crippen molar-refractivity contribution in [3.8, 4) is 0 Å². The Labute approximate surface area is 121 Å². The number of aromatic nitrogens is 1. The average molecular weight is 291 g/mol. The van der Waals surface area contributed by atoms with Crippen molar-refractivity contribution in [2.45, 2.75) is 18.6 Å². The van der Waals surface area contributed by atoms with Crippen molar-refractivity contribution < 1.29 is 4.92 Å². The highest BCUT2D eigenvalue weighted by Crippen LogP contribution is 2.32. The van der Waals surface area contributed by atoms with Crippen LogP contribution in [0.5, 0.6) is 0 Å². The molecule has 1 aromatic carbocycles. The molecule has 0 aliphatic rings. The molecule has 0 amide bonds. The van der Waals surface area contributed by atoms with Crippen molar-refractivity contribution in [1.29, 1.82) is 0 Å². The summed E-state index contributed by atoms with van der Waals surface area (Å²) in [7, 11) is 0. The molecule has 2 rings (SSSR count). The van der Waals surface area contributed by atoms with Gasteiger partial charge < -0.3 is 5.32 Å². The van der Waals surface area contributed by atoms with Gasteiger partial charge in [0.2, 0.25) is 0 Å². The molecule has 20 heavy (non-hydrogen) atoms. The number of anilines is 1. The fourth-order valence-electron chi connectivity index (χ4n) is 1.83. The third-order valence-corrected chi connectivity index (χ3v) is 4.45. The van der Waals surface area contributed by atoms with Gasteiger partial charge in [-0.3, -0.25) is 10.1 Å². The number of benzene rings is 1. The van der Waals surface area contributed by atoms with Crippen LogP contribution in [0.1, 0.15) is 13.8 Å². The summed E-state index contributed by atoms with van der Waals surface area (Å²) in [5, 5.41) is 15.2. The van der Waals surface area contributed by atoms with Gasteiger partial charge >= 0.3 is 5.69 Å². The number of rotatable bonds is 5. The van der Waals surface area contributed by atoms with Crippen molar-refractivity contribution in [2.24, 2.45) is 0 Å². The summed E-state index contributed by atoms with van der Waals surface area (Å²) < 4.78 is -0.00174. The fourth-order valence-corrected chi connectivity index (χ4v) is 2.04. The molecular formula is C14H17N3O2S. The zero-order valence-corrected chi connectivity index (χ0v) is 12.5. The maximum absolute atomic E-state index is 11.2. The van der Waals surface area contributed by atoms with Crippen molar-refractivity contribution in [1.82, 2.24) is 4.98 Å². The number of thioether (sulfide) groups is 1. The highest BCUT2D eigenvalue weighted by atomic mass is 32.2. The van der Waals surface area contributed by atoms with Crippen molar-refractivity contribution >= 4 is 34.0 Å². The molecule has 0 fully saturated rings. The van der Waals surface area contributed by atoms with E-state index in [9.17, 15) is 10.1 Å². The van der Waals surface area contributed by atoms with Crippen LogP contribution in [0.2, 0.25) is 0 Å². The molecule has 1 aromatic heterocycles. The molecule has 0 spiro atoms. The Morgan fingerprint density at radius 3 is 2.75 bits per heavy atom. The predicted octanol–water partition coefficient (Wildman–Crippen LogP) is 3.70. The van der Waals surface area contributed by atoms with Crippen LogP contribution in [0, 0.1) is 10.1 Å². The number of hydrogen-bond acceptors (Lipinski definition) is 5. The van der Waals surface area contributed by atoms with Gasteiger partial charge in [-0.05, 0) is 26.2 Å². The van der Waals surface area contributed by atoms with E-state index in [-0.39, 0.29) is 10.4 Å². The smallest absolute Gasteiger partial charge is 0.311 e. The zero-order valence-electron chi connectivity index (χ0n) is 11.7. The number of hydrogen-bond donors (Lipinski definition) is 1. The number of fused-ring (bicyclic) bond motifs is 1. The van der Waals surface area contributed by atoms with E-state index in [1.165, 1.54) is 6.20 Å². The topological polar surface area (TPSA) is 68.1 Å². The summed E-state index contributed by atoms with van der Waals surface area (Å²) >= 11 is 1.72. The lowest BCUT2D eigenvalue weighted by Crippen LogP contribution is -2.26. The monoisotopic (exact) mass is 291 g/mol. The first-order chi connectivity index (χ1) is 9.44. The highest BCUT2D eigenvalue weighted by Gasteiger charge is 2.21. The van der Waals surface area contributed by atoms with Crippen LogP contribution >= 0.6 is 11.8 Å². The third-order valence-electron chi connectivity index (χ3n) is 3.20. The van der Waals surface area contributed by atoms with E-state index < -0.39 is 4.92 Å². The van der Waals surface area contributed by atoms with Gasteiger partial charge in [0.25, 0.3) is 0 Å². The molecule has 1 N–H and O–H groups in total. The standard InChI is InChI=1S/C14H17N3O2S/c1-14(2,20-3)9-16-13-10-6-4-5-7-11(10)15-8-12(13)17(18)19/h4-8H,9H2,1-3H3,(H,15,16). The first-order valence-electron chi connectivity index (χ1n) is 6.26. The molecule has 1 heterocycles. The van der Waals surface area contributed by atoms with Crippen LogP contribution in [0.25, 0.3) is 10.9 Å². The van der Waals surface area contributed by atoms with Crippen LogP contribution in [-0.2, 0) is 0 Å². The van der Waals surface area contributed by atoms with E-state index in [0.717, 1.165) is 10.9 Å². The molecular weight excluding hydrogens is 274 g/mol. The SMILES string of the molecule is CSC(C)(C)CNc1c([N+](=O)[O-])cnc2ccccc12. The Morgan fingerprint density at radius 2 is 2.10 bits per heavy atom. The van der Waals surface area contributed by atoms with Crippen LogP contribution < -0.4 is 5.32 Å². The van der Waals surface area contributed by atoms with E-state index >= 15 is 0 Å². The van der Waals surface area contributed by atoms with Gasteiger partial charge in [-0.2, -0.15) is 11.8 Å². The largest absolute Gasteiger partial charge is 0.378 e. The quantitative estimate of drug-likeness (QED) is 0.672. The molecule has 106 valence electrons. The fraction of sp³-hybridized carbons (Fsp3) is 0.357. The Bertz CT molecular complexity index is 643. The minimum atomic E-state index is -0.395. The summed E-state index contributed by atoms with van der Waals surface area (Å²) in [6.07, 6.45) is 3.34. The second kappa shape index (κ2) is 5.66. The van der Waals surface area contributed by atoms with Gasteiger partial charge in [0, 0.05) is 16.7 Å². The van der Waals surface area contributed by atoms with Crippen LogP contribution in [0.3, 0.4) is 0 Å². The van der Waals surface area contributed by atoms with E-state index in [1.54, 1.807) is 11.8 Å². The van der Waals surface area contributed by atoms with Crippen molar-refractivity contribution in [2.75, 3.05) is 18.1 Å². The Kier molecular flexibility index (Phi) is 4.13. The number of pyridine rings is 1. The van der Waals surface area contributed by atoms with Gasteiger partial charge in [-0.25, -0.2) is 4.98 Å². The maximum atomic E-state index is 11.2. The molecule has 0 radical (unpaired) electrons. The third kappa shape index (κ3) is 3.01. The lowest BCUT2D eigenvalue weighted by atomic mass is 10.1. The minimum absolute atomic E-state index is 0.00174. The Hall–Kier alpha value is -1.82. The lowest BCUT2D eigenvalue weighted by Gasteiger charge is -2.23. The number of nitrogens with zero attached hydrogens (tertiary/aromatic N) is 2. The summed E-state index contributed by atoms with van der Waals surface area (Å²) in [6.45, 7) is 4.84. The molecule has 5 nitrogen and oxygen atoms in total. The van der Waals surface area contributed by atoms with E-state index in [0.29, 0.717) is 12.2 Å². The van der Waals surface area contributed by atoms with Crippen molar-refractivity contribution in [3.05, 3.63) is 40.6 Å². The number of para-hydroxylation sites is 1. The van der Waals surface area contributed by atoms with Crippen LogP contribution in [-0.4, -0.2) is 27.5 Å². The molecule has 0 saturated heterocycles. The second-order valence-corrected chi connectivity index (χ2v) is 6.62. The van der Waals surface area contributed by atoms with Gasteiger partial charge in [0.15, 0.2) is 0 Å². The molecule has 0 aliphatic carbocycles. The van der Waals surface area contributed by atoms with Gasteiger partial charge in [-0.15, -0.1) is 0 Å². The number of nitrogens with one attached hydrogen (secondary N) is 1. The first-order valence-corrected chi connectivity index (χ1v) is 7.48. The Morgan fingerprint density at radius 1 is 1.40 bits per heavy atom. The van der Waals surface area contributed by atoms with E-state index in [1.807, 2.05) is 30.5 Å². The predicted molar refractivity (Wildman–Crippen MR) is 84.5 cm³/mol. The molecule has 6 heteroatoms. The zero-order chi connectivity index (χ0) is 14.8. The van der Waals surface area contributed by atoms with Gasteiger partial charge in [0.05, 0.1) is 10.4 Å². The van der Waals surface area contributed by atoms with Gasteiger partial charge in [0.1, 0.15) is 11.9 Å².